The second kappa shape index (κ2) is 8.32. The Balaban J connectivity index is 2.13. The molecular weight excluding hydrogens is 385 g/mol. The molecule has 144 valence electrons. The van der Waals surface area contributed by atoms with Gasteiger partial charge >= 0.3 is 11.8 Å². The molecule has 1 fully saturated rings. The molecule has 1 N–H and O–H groups in total. The first-order chi connectivity index (χ1) is 12.1. The van der Waals surface area contributed by atoms with E-state index in [-0.39, 0.29) is 28.8 Å². The zero-order valence-corrected chi connectivity index (χ0v) is 16.1. The van der Waals surface area contributed by atoms with Gasteiger partial charge in [-0.1, -0.05) is 11.6 Å². The number of hydrogen-bond donors (Lipinski definition) is 1. The molecule has 1 aliphatic heterocycles. The van der Waals surface area contributed by atoms with Gasteiger partial charge in [-0.3, -0.25) is 9.59 Å². The van der Waals surface area contributed by atoms with Crippen LogP contribution in [0.5, 0.6) is 0 Å². The van der Waals surface area contributed by atoms with Crippen LogP contribution in [0.25, 0.3) is 0 Å². The molecule has 0 bridgehead atoms. The van der Waals surface area contributed by atoms with Crippen LogP contribution in [0.15, 0.2) is 18.2 Å². The zero-order chi connectivity index (χ0) is 19.5. The molecule has 1 aromatic carbocycles. The third-order valence-corrected chi connectivity index (χ3v) is 6.11. The Morgan fingerprint density at radius 2 is 2.00 bits per heavy atom. The van der Waals surface area contributed by atoms with Gasteiger partial charge in [0.2, 0.25) is 0 Å². The summed E-state index contributed by atoms with van der Waals surface area (Å²) in [6.07, 6.45) is 0.303. The van der Waals surface area contributed by atoms with Crippen LogP contribution >= 0.6 is 11.6 Å². The number of nitrogens with one attached hydrogen (secondary N) is 1. The van der Waals surface area contributed by atoms with E-state index in [1.165, 1.54) is 17.0 Å². The SMILES string of the molecule is CN(C)CCN(C(=O)C(=O)Nc1ccc(F)c(Cl)c1)C1CCS(=O)(=O)C1. The lowest BCUT2D eigenvalue weighted by molar-refractivity contribution is -0.144. The largest absolute Gasteiger partial charge is 0.329 e. The average Bonchev–Trinajstić information content (AvgIpc) is 2.90. The highest BCUT2D eigenvalue weighted by molar-refractivity contribution is 7.91. The molecule has 0 spiro atoms. The van der Waals surface area contributed by atoms with Crippen molar-refractivity contribution in [2.75, 3.05) is 44.0 Å². The minimum atomic E-state index is -3.21. The third-order valence-electron chi connectivity index (χ3n) is 4.07. The monoisotopic (exact) mass is 405 g/mol. The van der Waals surface area contributed by atoms with E-state index in [0.717, 1.165) is 6.07 Å². The standard InChI is InChI=1S/C16H21ClFN3O4S/c1-20(2)6-7-21(12-5-8-26(24,25)10-12)16(23)15(22)19-11-3-4-14(18)13(17)9-11/h3-4,9,12H,5-8,10H2,1-2H3,(H,19,22). The van der Waals surface area contributed by atoms with E-state index >= 15 is 0 Å². The first-order valence-electron chi connectivity index (χ1n) is 8.01. The highest BCUT2D eigenvalue weighted by atomic mass is 35.5. The number of benzene rings is 1. The van der Waals surface area contributed by atoms with Crippen molar-refractivity contribution in [3.8, 4) is 0 Å². The van der Waals surface area contributed by atoms with Gasteiger partial charge in [-0.05, 0) is 38.7 Å². The lowest BCUT2D eigenvalue weighted by Gasteiger charge is -2.28. The van der Waals surface area contributed by atoms with E-state index in [2.05, 4.69) is 5.32 Å². The van der Waals surface area contributed by atoms with Crippen LogP contribution < -0.4 is 5.32 Å². The normalized spacial score (nSPS) is 18.7. The minimum absolute atomic E-state index is 0.00139. The number of carbonyl (C=O) groups excluding carboxylic acids is 2. The summed E-state index contributed by atoms with van der Waals surface area (Å²) in [6.45, 7) is 0.710. The quantitative estimate of drug-likeness (QED) is 0.738. The van der Waals surface area contributed by atoms with Crippen molar-refractivity contribution >= 4 is 38.9 Å². The maximum atomic E-state index is 13.2. The molecule has 1 atom stereocenters. The van der Waals surface area contributed by atoms with E-state index in [4.69, 9.17) is 11.6 Å². The Labute approximate surface area is 157 Å². The number of carbonyl (C=O) groups is 2. The Hall–Kier alpha value is -1.71. The molecular formula is C16H21ClFN3O4S. The van der Waals surface area contributed by atoms with Crippen molar-refractivity contribution in [1.29, 1.82) is 0 Å². The van der Waals surface area contributed by atoms with E-state index in [1.807, 2.05) is 19.0 Å². The number of halogens is 2. The first-order valence-corrected chi connectivity index (χ1v) is 10.2. The highest BCUT2D eigenvalue weighted by Gasteiger charge is 2.36. The van der Waals surface area contributed by atoms with Crippen molar-refractivity contribution in [2.24, 2.45) is 0 Å². The predicted molar refractivity (Wildman–Crippen MR) is 97.4 cm³/mol. The van der Waals surface area contributed by atoms with Crippen molar-refractivity contribution in [1.82, 2.24) is 9.80 Å². The average molecular weight is 406 g/mol. The highest BCUT2D eigenvalue weighted by Crippen LogP contribution is 2.21. The van der Waals surface area contributed by atoms with Crippen LogP contribution in [-0.2, 0) is 19.4 Å². The van der Waals surface area contributed by atoms with Crippen molar-refractivity contribution in [3.05, 3.63) is 29.0 Å². The van der Waals surface area contributed by atoms with E-state index in [1.54, 1.807) is 0 Å². The van der Waals surface area contributed by atoms with Crippen molar-refractivity contribution in [3.63, 3.8) is 0 Å². The fourth-order valence-corrected chi connectivity index (χ4v) is 4.58. The molecule has 2 rings (SSSR count). The second-order valence-electron chi connectivity index (χ2n) is 6.44. The fourth-order valence-electron chi connectivity index (χ4n) is 2.67. The van der Waals surface area contributed by atoms with Crippen LogP contribution in [0, 0.1) is 5.82 Å². The minimum Gasteiger partial charge on any atom is -0.329 e. The number of hydrogen-bond acceptors (Lipinski definition) is 5. The van der Waals surface area contributed by atoms with Gasteiger partial charge in [0, 0.05) is 24.8 Å². The van der Waals surface area contributed by atoms with Crippen LogP contribution in [0.3, 0.4) is 0 Å². The summed E-state index contributed by atoms with van der Waals surface area (Å²) in [4.78, 5) is 28.0. The number of sulfone groups is 1. The van der Waals surface area contributed by atoms with Gasteiger partial charge in [-0.15, -0.1) is 0 Å². The van der Waals surface area contributed by atoms with Gasteiger partial charge < -0.3 is 15.1 Å². The molecule has 26 heavy (non-hydrogen) atoms. The number of anilines is 1. The van der Waals surface area contributed by atoms with Gasteiger partial charge in [0.25, 0.3) is 0 Å². The van der Waals surface area contributed by atoms with E-state index < -0.39 is 33.5 Å². The Morgan fingerprint density at radius 3 is 2.54 bits per heavy atom. The maximum absolute atomic E-state index is 13.2. The summed E-state index contributed by atoms with van der Waals surface area (Å²) >= 11 is 5.67. The summed E-state index contributed by atoms with van der Waals surface area (Å²) in [6, 6.07) is 3.04. The van der Waals surface area contributed by atoms with Gasteiger partial charge in [0.1, 0.15) is 5.82 Å². The van der Waals surface area contributed by atoms with Gasteiger partial charge in [-0.2, -0.15) is 0 Å². The van der Waals surface area contributed by atoms with Crippen LogP contribution in [-0.4, -0.2) is 74.8 Å². The predicted octanol–water partition coefficient (Wildman–Crippen LogP) is 0.995. The maximum Gasteiger partial charge on any atom is 0.313 e. The van der Waals surface area contributed by atoms with E-state index in [9.17, 15) is 22.4 Å². The lowest BCUT2D eigenvalue weighted by atomic mass is 10.2. The topological polar surface area (TPSA) is 86.8 Å². The fraction of sp³-hybridized carbons (Fsp3) is 0.500. The summed E-state index contributed by atoms with van der Waals surface area (Å²) < 4.78 is 36.7. The van der Waals surface area contributed by atoms with Crippen molar-refractivity contribution in [2.45, 2.75) is 12.5 Å². The molecule has 0 aliphatic carbocycles. The number of likely N-dealkylation sites (N-methyl/N-ethyl adjacent to an activating group) is 1. The lowest BCUT2D eigenvalue weighted by Crippen LogP contribution is -2.48. The van der Waals surface area contributed by atoms with Crippen LogP contribution in [0.4, 0.5) is 10.1 Å². The Morgan fingerprint density at radius 1 is 1.31 bits per heavy atom. The molecule has 7 nitrogen and oxygen atoms in total. The Kier molecular flexibility index (Phi) is 6.59. The molecule has 1 unspecified atom stereocenters. The second-order valence-corrected chi connectivity index (χ2v) is 9.08. The number of rotatable bonds is 5. The van der Waals surface area contributed by atoms with E-state index in [0.29, 0.717) is 13.0 Å². The molecule has 1 aromatic rings. The third kappa shape index (κ3) is 5.39. The molecule has 1 saturated heterocycles. The molecule has 2 amide bonds. The molecule has 0 saturated carbocycles. The number of amides is 2. The van der Waals surface area contributed by atoms with Crippen molar-refractivity contribution < 1.29 is 22.4 Å². The molecule has 0 radical (unpaired) electrons. The van der Waals surface area contributed by atoms with Gasteiger partial charge in [-0.25, -0.2) is 12.8 Å². The van der Waals surface area contributed by atoms with Gasteiger partial charge in [0.05, 0.1) is 16.5 Å². The zero-order valence-electron chi connectivity index (χ0n) is 14.5. The number of nitrogens with zero attached hydrogens (tertiary/aromatic N) is 2. The molecule has 1 heterocycles. The van der Waals surface area contributed by atoms with Crippen LogP contribution in [0.2, 0.25) is 5.02 Å². The Bertz CT molecular complexity index is 801. The summed E-state index contributed by atoms with van der Waals surface area (Å²) in [5.74, 6) is -2.54. The summed E-state index contributed by atoms with van der Waals surface area (Å²) in [7, 11) is 0.422. The molecule has 1 aliphatic rings. The first kappa shape index (κ1) is 20.6. The summed E-state index contributed by atoms with van der Waals surface area (Å²) in [5.41, 5.74) is 0.182. The molecule has 10 heteroatoms. The summed E-state index contributed by atoms with van der Waals surface area (Å²) in [5, 5.41) is 2.20. The van der Waals surface area contributed by atoms with Gasteiger partial charge in [0.15, 0.2) is 9.84 Å². The smallest absolute Gasteiger partial charge is 0.313 e. The van der Waals surface area contributed by atoms with Crippen LogP contribution in [0.1, 0.15) is 6.42 Å². The molecule has 0 aromatic heterocycles.